The summed E-state index contributed by atoms with van der Waals surface area (Å²) in [5, 5.41) is 17.0. The summed E-state index contributed by atoms with van der Waals surface area (Å²) in [7, 11) is 0. The number of aromatic nitrogens is 3. The standard InChI is InChI=1S/C36H24N12/c37-43-40-19-7-10-22-46-28-16-4-1-13-25(28)31-34(46)32-27-15-3-6-18-30(27)48(24-12-9-21-42-45-39)36(32)33-26-14-2-5-17-29(26)47(35(31)33)23-11-8-20-41-44-38/h1-24H/b19-7+,20-8+,21-9+,22-10+,23-11+,24-12+. The predicted octanol–water partition coefficient (Wildman–Crippen LogP) is 11.9. The van der Waals surface area contributed by atoms with Crippen LogP contribution in [0.5, 0.6) is 0 Å². The first-order chi connectivity index (χ1) is 23.8. The highest BCUT2D eigenvalue weighted by molar-refractivity contribution is 6.40. The average molecular weight is 625 g/mol. The summed E-state index contributed by atoms with van der Waals surface area (Å²) in [4.78, 5) is 8.45. The zero-order chi connectivity index (χ0) is 32.9. The lowest BCUT2D eigenvalue weighted by Gasteiger charge is -2.08. The molecule has 0 radical (unpaired) electrons. The van der Waals surface area contributed by atoms with Crippen LogP contribution in [-0.2, 0) is 0 Å². The first kappa shape index (κ1) is 29.4. The molecule has 0 aliphatic carbocycles. The van der Waals surface area contributed by atoms with Crippen LogP contribution in [0.3, 0.4) is 0 Å². The number of hydrogen-bond donors (Lipinski definition) is 0. The molecule has 12 nitrogen and oxygen atoms in total. The summed E-state index contributed by atoms with van der Waals surface area (Å²) in [6.45, 7) is 0. The van der Waals surface area contributed by atoms with Gasteiger partial charge in [0.05, 0.1) is 33.1 Å². The number of azide groups is 3. The Morgan fingerprint density at radius 3 is 1.00 bits per heavy atom. The summed E-state index contributed by atoms with van der Waals surface area (Å²) < 4.78 is 6.55. The quantitative estimate of drug-likeness (QED) is 0.0647. The zero-order valence-electron chi connectivity index (χ0n) is 25.2. The molecule has 48 heavy (non-hydrogen) atoms. The Balaban J connectivity index is 1.77. The molecule has 7 rings (SSSR count). The van der Waals surface area contributed by atoms with Crippen molar-refractivity contribution in [2.75, 3.05) is 0 Å². The maximum atomic E-state index is 8.76. The Kier molecular flexibility index (Phi) is 7.92. The van der Waals surface area contributed by atoms with Crippen LogP contribution in [-0.4, -0.2) is 13.7 Å². The molecule has 12 heteroatoms. The van der Waals surface area contributed by atoms with Gasteiger partial charge in [-0.05, 0) is 53.0 Å². The van der Waals surface area contributed by atoms with E-state index in [0.717, 1.165) is 65.4 Å². The normalized spacial score (nSPS) is 12.5. The van der Waals surface area contributed by atoms with Gasteiger partial charge in [-0.3, -0.25) is 0 Å². The van der Waals surface area contributed by atoms with Gasteiger partial charge in [-0.1, -0.05) is 88.2 Å². The molecule has 0 amide bonds. The highest BCUT2D eigenvalue weighted by Crippen LogP contribution is 2.48. The van der Waals surface area contributed by atoms with Crippen LogP contribution in [0.2, 0.25) is 0 Å². The maximum absolute atomic E-state index is 8.76. The minimum absolute atomic E-state index is 1.00. The summed E-state index contributed by atoms with van der Waals surface area (Å²) in [5.74, 6) is 0. The van der Waals surface area contributed by atoms with Gasteiger partial charge in [-0.25, -0.2) is 0 Å². The van der Waals surface area contributed by atoms with E-state index in [0.29, 0.717) is 0 Å². The summed E-state index contributed by atoms with van der Waals surface area (Å²) in [6.07, 6.45) is 20.8. The van der Waals surface area contributed by atoms with Gasteiger partial charge in [0.15, 0.2) is 0 Å². The lowest BCUT2D eigenvalue weighted by atomic mass is 10.0. The summed E-state index contributed by atoms with van der Waals surface area (Å²) in [5.41, 5.74) is 32.3. The molecule has 0 aliphatic heterocycles. The van der Waals surface area contributed by atoms with E-state index < -0.39 is 0 Å². The number of para-hydroxylation sites is 3. The van der Waals surface area contributed by atoms with Crippen molar-refractivity contribution in [2.45, 2.75) is 0 Å². The van der Waals surface area contributed by atoms with E-state index in [1.165, 1.54) is 18.6 Å². The molecule has 0 bridgehead atoms. The number of rotatable bonds is 9. The van der Waals surface area contributed by atoms with Crippen LogP contribution in [0.25, 0.3) is 115 Å². The predicted molar refractivity (Wildman–Crippen MR) is 196 cm³/mol. The molecular weight excluding hydrogens is 600 g/mol. The zero-order valence-corrected chi connectivity index (χ0v) is 25.2. The van der Waals surface area contributed by atoms with Crippen molar-refractivity contribution in [1.82, 2.24) is 13.7 Å². The molecule has 0 fully saturated rings. The van der Waals surface area contributed by atoms with Gasteiger partial charge in [-0.15, -0.1) is 0 Å². The first-order valence-corrected chi connectivity index (χ1v) is 14.8. The molecule has 0 spiro atoms. The Morgan fingerprint density at radius 1 is 0.417 bits per heavy atom. The van der Waals surface area contributed by atoms with E-state index in [-0.39, 0.29) is 0 Å². The van der Waals surface area contributed by atoms with Crippen LogP contribution in [0.1, 0.15) is 0 Å². The van der Waals surface area contributed by atoms with Crippen LogP contribution in [0.15, 0.2) is 143 Å². The van der Waals surface area contributed by atoms with Crippen molar-refractivity contribution in [3.05, 3.63) is 159 Å². The van der Waals surface area contributed by atoms with E-state index in [2.05, 4.69) is 80.2 Å². The number of fused-ring (bicyclic) bond motifs is 12. The third kappa shape index (κ3) is 4.82. The van der Waals surface area contributed by atoms with Crippen LogP contribution in [0.4, 0.5) is 0 Å². The van der Waals surface area contributed by atoms with Crippen molar-refractivity contribution in [3.63, 3.8) is 0 Å². The molecule has 0 saturated carbocycles. The van der Waals surface area contributed by atoms with Crippen molar-refractivity contribution in [1.29, 1.82) is 0 Å². The van der Waals surface area contributed by atoms with Crippen molar-refractivity contribution in [2.24, 2.45) is 15.3 Å². The highest BCUT2D eigenvalue weighted by atomic mass is 15.1. The lowest BCUT2D eigenvalue weighted by molar-refractivity contribution is 1.28. The van der Waals surface area contributed by atoms with Gasteiger partial charge in [0, 0.05) is 84.3 Å². The molecule has 0 aliphatic rings. The second-order valence-corrected chi connectivity index (χ2v) is 10.5. The Morgan fingerprint density at radius 2 is 0.708 bits per heavy atom. The second-order valence-electron chi connectivity index (χ2n) is 10.5. The lowest BCUT2D eigenvalue weighted by Crippen LogP contribution is -1.91. The van der Waals surface area contributed by atoms with E-state index in [1.54, 1.807) is 18.2 Å². The van der Waals surface area contributed by atoms with E-state index >= 15 is 0 Å². The summed E-state index contributed by atoms with van der Waals surface area (Å²) >= 11 is 0. The molecule has 0 N–H and O–H groups in total. The molecular formula is C36H24N12. The molecule has 3 heterocycles. The molecule has 7 aromatic rings. The maximum Gasteiger partial charge on any atom is 0.0656 e. The Labute approximate surface area is 271 Å². The van der Waals surface area contributed by atoms with Gasteiger partial charge in [-0.2, -0.15) is 0 Å². The van der Waals surface area contributed by atoms with E-state index in [9.17, 15) is 0 Å². The highest BCUT2D eigenvalue weighted by Gasteiger charge is 2.26. The monoisotopic (exact) mass is 624 g/mol. The second kappa shape index (κ2) is 12.9. The Hall–Kier alpha value is -7.35. The number of nitrogens with zero attached hydrogens (tertiary/aromatic N) is 12. The molecule has 4 aromatic carbocycles. The minimum Gasteiger partial charge on any atom is -0.315 e. The van der Waals surface area contributed by atoms with E-state index in [1.807, 2.05) is 73.2 Å². The molecule has 0 unspecified atom stereocenters. The van der Waals surface area contributed by atoms with Gasteiger partial charge < -0.3 is 13.7 Å². The fourth-order valence-electron chi connectivity index (χ4n) is 6.47. The van der Waals surface area contributed by atoms with Gasteiger partial charge in [0.1, 0.15) is 0 Å². The average Bonchev–Trinajstić information content (AvgIpc) is 3.74. The van der Waals surface area contributed by atoms with Crippen molar-refractivity contribution < 1.29 is 0 Å². The topological polar surface area (TPSA) is 161 Å². The molecule has 0 atom stereocenters. The molecule has 3 aromatic heterocycles. The van der Waals surface area contributed by atoms with Crippen molar-refractivity contribution >= 4 is 84.0 Å². The number of allylic oxidation sites excluding steroid dienone is 6. The third-order valence-corrected chi connectivity index (χ3v) is 8.09. The van der Waals surface area contributed by atoms with Crippen LogP contribution >= 0.6 is 0 Å². The van der Waals surface area contributed by atoms with Crippen LogP contribution < -0.4 is 0 Å². The van der Waals surface area contributed by atoms with Gasteiger partial charge in [0.25, 0.3) is 0 Å². The molecule has 228 valence electrons. The fraction of sp³-hybridized carbons (Fsp3) is 0. The smallest absolute Gasteiger partial charge is 0.0656 e. The van der Waals surface area contributed by atoms with Gasteiger partial charge >= 0.3 is 0 Å². The van der Waals surface area contributed by atoms with Gasteiger partial charge in [0.2, 0.25) is 0 Å². The Bertz CT molecular complexity index is 2410. The third-order valence-electron chi connectivity index (χ3n) is 8.09. The minimum atomic E-state index is 1.00. The number of hydrogen-bond acceptors (Lipinski definition) is 3. The van der Waals surface area contributed by atoms with E-state index in [4.69, 9.17) is 16.6 Å². The summed E-state index contributed by atoms with van der Waals surface area (Å²) in [6, 6.07) is 24.9. The van der Waals surface area contributed by atoms with Crippen LogP contribution in [0, 0.1) is 0 Å². The molecule has 0 saturated heterocycles. The number of benzene rings is 4. The SMILES string of the molecule is [N-]=[N+]=N/C=C/C=C/n1c2ccccc2c2c1c1c3ccccc3n(/C=C/C=C/N=[N+]=[N-])c1c1c3ccccc3n(/C=C/C=C/N=[N+]=[N-])c21. The van der Waals surface area contributed by atoms with Crippen molar-refractivity contribution in [3.8, 4) is 0 Å². The first-order valence-electron chi connectivity index (χ1n) is 14.8. The fourth-order valence-corrected chi connectivity index (χ4v) is 6.47. The largest absolute Gasteiger partial charge is 0.315 e.